The summed E-state index contributed by atoms with van der Waals surface area (Å²) in [5.74, 6) is -7.29. The quantitative estimate of drug-likeness (QED) is 0.124. The lowest BCUT2D eigenvalue weighted by molar-refractivity contribution is -0.232. The van der Waals surface area contributed by atoms with Crippen LogP contribution in [-0.4, -0.2) is 115 Å². The lowest BCUT2D eigenvalue weighted by atomic mass is 9.76. The van der Waals surface area contributed by atoms with Gasteiger partial charge in [0.25, 0.3) is 0 Å². The fourth-order valence-corrected chi connectivity index (χ4v) is 7.40. The van der Waals surface area contributed by atoms with E-state index in [2.05, 4.69) is 0 Å². The van der Waals surface area contributed by atoms with Gasteiger partial charge in [-0.2, -0.15) is 0 Å². The zero-order valence-electron chi connectivity index (χ0n) is 27.3. The van der Waals surface area contributed by atoms with Gasteiger partial charge < -0.3 is 85.7 Å². The van der Waals surface area contributed by atoms with Crippen LogP contribution in [-0.2, 0) is 11.2 Å². The Hall–Kier alpha value is -5.40. The first kappa shape index (κ1) is 36.0. The Morgan fingerprint density at radius 2 is 1.02 bits per heavy atom. The smallest absolute Gasteiger partial charge is 0.157 e. The summed E-state index contributed by atoms with van der Waals surface area (Å²) < 4.78 is 18.2. The zero-order chi connectivity index (χ0) is 38.2. The van der Waals surface area contributed by atoms with E-state index in [0.717, 1.165) is 36.4 Å². The molecule has 3 aliphatic rings. The topological polar surface area (TPSA) is 311 Å². The maximum atomic E-state index is 12.2. The van der Waals surface area contributed by atoms with Crippen molar-refractivity contribution in [2.75, 3.05) is 6.61 Å². The Morgan fingerprint density at radius 1 is 0.491 bits per heavy atom. The molecule has 10 atom stereocenters. The monoisotopic (exact) mass is 740 g/mol. The third-order valence-electron chi connectivity index (χ3n) is 10.1. The number of phenolic OH excluding ortho intramolecular Hbond substituents is 8. The van der Waals surface area contributed by atoms with Crippen LogP contribution >= 0.6 is 0 Å². The van der Waals surface area contributed by atoms with Crippen LogP contribution in [0.1, 0.15) is 57.6 Å². The second-order valence-corrected chi connectivity index (χ2v) is 13.3. The first-order valence-electron chi connectivity index (χ1n) is 16.3. The van der Waals surface area contributed by atoms with Gasteiger partial charge in [0.15, 0.2) is 29.1 Å². The van der Waals surface area contributed by atoms with E-state index < -0.39 is 125 Å². The van der Waals surface area contributed by atoms with Crippen molar-refractivity contribution in [2.24, 2.45) is 0 Å². The van der Waals surface area contributed by atoms with Crippen molar-refractivity contribution >= 4 is 0 Å². The fourth-order valence-electron chi connectivity index (χ4n) is 7.40. The molecule has 0 radical (unpaired) electrons. The van der Waals surface area contributed by atoms with Gasteiger partial charge in [-0.25, -0.2) is 0 Å². The number of phenols is 8. The molecule has 282 valence electrons. The molecule has 0 amide bonds. The summed E-state index contributed by atoms with van der Waals surface area (Å²) in [6.45, 7) is -0.837. The molecule has 10 unspecified atom stereocenters. The minimum atomic E-state index is -1.97. The molecule has 0 spiro atoms. The van der Waals surface area contributed by atoms with Crippen LogP contribution in [0.3, 0.4) is 0 Å². The predicted octanol–water partition coefficient (Wildman–Crippen LogP) is 0.510. The molecule has 0 bridgehead atoms. The van der Waals surface area contributed by atoms with Gasteiger partial charge in [0.2, 0.25) is 0 Å². The number of aromatic hydroxyl groups is 8. The lowest BCUT2D eigenvalue weighted by Gasteiger charge is -2.44. The second-order valence-electron chi connectivity index (χ2n) is 13.3. The van der Waals surface area contributed by atoms with E-state index in [1.54, 1.807) is 0 Å². The third-order valence-corrected chi connectivity index (χ3v) is 10.1. The molecule has 53 heavy (non-hydrogen) atoms. The Bertz CT molecular complexity index is 2070. The summed E-state index contributed by atoms with van der Waals surface area (Å²) in [5.41, 5.74) is -0.944. The van der Waals surface area contributed by atoms with Gasteiger partial charge in [0.05, 0.1) is 24.2 Å². The van der Waals surface area contributed by atoms with Crippen molar-refractivity contribution < 1.29 is 85.7 Å². The number of ether oxygens (including phenoxy) is 3. The summed E-state index contributed by atoms with van der Waals surface area (Å²) in [6.07, 6.45) is -15.3. The van der Waals surface area contributed by atoms with Gasteiger partial charge in [-0.15, -0.1) is 0 Å². The Balaban J connectivity index is 1.48. The molecule has 4 aromatic carbocycles. The van der Waals surface area contributed by atoms with E-state index in [4.69, 9.17) is 14.2 Å². The molecule has 1 saturated heterocycles. The summed E-state index contributed by atoms with van der Waals surface area (Å²) >= 11 is 0. The van der Waals surface area contributed by atoms with Gasteiger partial charge in [0.1, 0.15) is 77.2 Å². The molecular formula is C36H36O17. The predicted molar refractivity (Wildman–Crippen MR) is 176 cm³/mol. The normalized spacial score (nSPS) is 29.4. The van der Waals surface area contributed by atoms with Crippen molar-refractivity contribution in [3.8, 4) is 57.5 Å². The van der Waals surface area contributed by atoms with Crippen molar-refractivity contribution in [1.29, 1.82) is 0 Å². The third kappa shape index (κ3) is 5.78. The molecule has 3 aliphatic heterocycles. The van der Waals surface area contributed by atoms with Crippen LogP contribution in [0.25, 0.3) is 0 Å². The number of aliphatic hydroxyl groups excluding tert-OH is 6. The highest BCUT2D eigenvalue weighted by atomic mass is 16.6. The molecule has 4 aromatic rings. The molecule has 0 aliphatic carbocycles. The minimum absolute atomic E-state index is 0.00644. The van der Waals surface area contributed by atoms with Crippen LogP contribution in [0.4, 0.5) is 0 Å². The lowest BCUT2D eigenvalue weighted by Crippen LogP contribution is -2.55. The van der Waals surface area contributed by atoms with Crippen molar-refractivity contribution in [3.63, 3.8) is 0 Å². The van der Waals surface area contributed by atoms with Gasteiger partial charge >= 0.3 is 0 Å². The van der Waals surface area contributed by atoms with E-state index in [1.165, 1.54) is 12.1 Å². The standard InChI is InChI=1S/C36H36O17/c37-10-23-28(47)30(49)31(50)36(51-23)26-21(45)9-20(44)25-27(29(48)33(53-35(25)26)12-2-4-15(39)18(42)6-12)24-19(43)8-16(40)13-7-22(46)32(52-34(13)24)11-1-3-14(38)17(41)5-11/h1-6,8-9,22-23,27-33,36-50H,7,10H2. The highest BCUT2D eigenvalue weighted by Gasteiger charge is 2.51. The van der Waals surface area contributed by atoms with Gasteiger partial charge in [0, 0.05) is 35.2 Å². The Kier molecular flexibility index (Phi) is 8.98. The molecule has 1 fully saturated rings. The van der Waals surface area contributed by atoms with Crippen molar-refractivity contribution in [3.05, 3.63) is 81.9 Å². The molecule has 0 aromatic heterocycles. The van der Waals surface area contributed by atoms with E-state index in [0.29, 0.717) is 0 Å². The highest BCUT2D eigenvalue weighted by molar-refractivity contribution is 5.68. The van der Waals surface area contributed by atoms with Crippen LogP contribution < -0.4 is 9.47 Å². The number of hydrogen-bond acceptors (Lipinski definition) is 17. The zero-order valence-corrected chi connectivity index (χ0v) is 27.3. The molecule has 3 heterocycles. The van der Waals surface area contributed by atoms with E-state index in [9.17, 15) is 71.5 Å². The molecule has 14 N–H and O–H groups in total. The largest absolute Gasteiger partial charge is 0.507 e. The average Bonchev–Trinajstić information content (AvgIpc) is 3.11. The first-order valence-corrected chi connectivity index (χ1v) is 16.3. The molecular weight excluding hydrogens is 704 g/mol. The minimum Gasteiger partial charge on any atom is -0.507 e. The molecule has 17 nitrogen and oxygen atoms in total. The summed E-state index contributed by atoms with van der Waals surface area (Å²) in [5, 5.41) is 151. The van der Waals surface area contributed by atoms with Gasteiger partial charge in [-0.1, -0.05) is 12.1 Å². The summed E-state index contributed by atoms with van der Waals surface area (Å²) in [4.78, 5) is 0. The van der Waals surface area contributed by atoms with Gasteiger partial charge in [-0.3, -0.25) is 0 Å². The van der Waals surface area contributed by atoms with Gasteiger partial charge in [-0.05, 0) is 35.4 Å². The summed E-state index contributed by atoms with van der Waals surface area (Å²) in [7, 11) is 0. The highest BCUT2D eigenvalue weighted by Crippen LogP contribution is 2.60. The molecule has 7 rings (SSSR count). The van der Waals surface area contributed by atoms with Crippen molar-refractivity contribution in [2.45, 2.75) is 67.3 Å². The van der Waals surface area contributed by atoms with E-state index in [-0.39, 0.29) is 40.0 Å². The Labute approximate surface area is 298 Å². The molecule has 17 heteroatoms. The van der Waals surface area contributed by atoms with E-state index >= 15 is 0 Å². The van der Waals surface area contributed by atoms with E-state index in [1.807, 2.05) is 0 Å². The maximum absolute atomic E-state index is 12.2. The first-order chi connectivity index (χ1) is 25.1. The maximum Gasteiger partial charge on any atom is 0.157 e. The fraction of sp³-hybridized carbons (Fsp3) is 0.333. The number of benzene rings is 4. The number of hydrogen-bond donors (Lipinski definition) is 14. The van der Waals surface area contributed by atoms with Crippen LogP contribution in [0.2, 0.25) is 0 Å². The Morgan fingerprint density at radius 3 is 1.60 bits per heavy atom. The number of rotatable bonds is 5. The number of fused-ring (bicyclic) bond motifs is 2. The summed E-state index contributed by atoms with van der Waals surface area (Å²) in [6, 6.07) is 8.76. The van der Waals surface area contributed by atoms with Crippen LogP contribution in [0.15, 0.2) is 48.5 Å². The number of aliphatic hydroxyl groups is 6. The molecule has 0 saturated carbocycles. The average molecular weight is 741 g/mol. The SMILES string of the molecule is OCC1OC(c2c(O)cc(O)c3c2OC(c2ccc(O)c(O)c2)C(O)C3c2c(O)cc(O)c3c2OC(c2ccc(O)c(O)c2)C(O)C3)C(O)C(O)C1O. The van der Waals surface area contributed by atoms with Crippen LogP contribution in [0, 0.1) is 0 Å². The van der Waals surface area contributed by atoms with Crippen molar-refractivity contribution in [1.82, 2.24) is 0 Å². The van der Waals surface area contributed by atoms with Crippen LogP contribution in [0.5, 0.6) is 57.5 Å². The second kappa shape index (κ2) is 13.2.